The van der Waals surface area contributed by atoms with Crippen molar-refractivity contribution >= 4 is 23.6 Å². The number of hydrogen-bond donors (Lipinski definition) is 1. The van der Waals surface area contributed by atoms with Crippen molar-refractivity contribution in [3.05, 3.63) is 53.8 Å². The van der Waals surface area contributed by atoms with Crippen LogP contribution in [-0.2, 0) is 16.1 Å². The average Bonchev–Trinajstić information content (AvgIpc) is 2.75. The molecule has 1 aliphatic heterocycles. The number of likely N-dealkylation sites (N-methyl/N-ethyl adjacent to an activating group) is 1. The van der Waals surface area contributed by atoms with Crippen molar-refractivity contribution < 1.29 is 23.5 Å². The van der Waals surface area contributed by atoms with Gasteiger partial charge in [0, 0.05) is 18.0 Å². The summed E-state index contributed by atoms with van der Waals surface area (Å²) in [5.41, 5.74) is 0.795. The lowest BCUT2D eigenvalue weighted by Crippen LogP contribution is -2.41. The Morgan fingerprint density at radius 1 is 1.10 bits per heavy atom. The fraction of sp³-hybridized carbons (Fsp3) is 0.333. The van der Waals surface area contributed by atoms with Crippen molar-refractivity contribution in [2.45, 2.75) is 18.4 Å². The van der Waals surface area contributed by atoms with Gasteiger partial charge in [-0.25, -0.2) is 4.39 Å². The molecular weight excluding hydrogens is 395 g/mol. The summed E-state index contributed by atoms with van der Waals surface area (Å²) < 4.78 is 24.0. The van der Waals surface area contributed by atoms with Crippen LogP contribution in [-0.4, -0.2) is 48.8 Å². The Labute approximate surface area is 173 Å². The molecule has 3 rings (SSSR count). The van der Waals surface area contributed by atoms with Crippen molar-refractivity contribution in [2.24, 2.45) is 0 Å². The number of rotatable bonds is 8. The summed E-state index contributed by atoms with van der Waals surface area (Å²) in [7, 11) is 0. The van der Waals surface area contributed by atoms with Crippen LogP contribution in [0.4, 0.5) is 4.39 Å². The van der Waals surface area contributed by atoms with E-state index in [9.17, 15) is 14.0 Å². The second-order valence-corrected chi connectivity index (χ2v) is 7.45. The van der Waals surface area contributed by atoms with Gasteiger partial charge < -0.3 is 19.7 Å². The average molecular weight is 418 g/mol. The van der Waals surface area contributed by atoms with E-state index in [1.165, 1.54) is 28.8 Å². The minimum Gasteiger partial charge on any atom is -0.486 e. The SMILES string of the molecule is CCN(CC(=O)NCc1ccc(F)cc1)C(=O)CSc1ccc2c(c1)OCCO2. The molecule has 0 aliphatic carbocycles. The molecule has 2 aromatic rings. The number of ether oxygens (including phenoxy) is 2. The molecule has 0 fully saturated rings. The number of halogens is 1. The van der Waals surface area contributed by atoms with Gasteiger partial charge in [-0.3, -0.25) is 9.59 Å². The van der Waals surface area contributed by atoms with Gasteiger partial charge in [-0.15, -0.1) is 11.8 Å². The minimum atomic E-state index is -0.321. The zero-order valence-corrected chi connectivity index (χ0v) is 17.0. The Kier molecular flexibility index (Phi) is 7.35. The molecule has 0 saturated carbocycles. The number of amides is 2. The lowest BCUT2D eigenvalue weighted by atomic mass is 10.2. The van der Waals surface area contributed by atoms with Crippen LogP contribution < -0.4 is 14.8 Å². The zero-order valence-electron chi connectivity index (χ0n) is 16.2. The summed E-state index contributed by atoms with van der Waals surface area (Å²) in [6.07, 6.45) is 0. The summed E-state index contributed by atoms with van der Waals surface area (Å²) in [6, 6.07) is 11.5. The maximum atomic E-state index is 12.9. The molecule has 8 heteroatoms. The van der Waals surface area contributed by atoms with Gasteiger partial charge in [0.25, 0.3) is 0 Å². The molecule has 2 amide bonds. The zero-order chi connectivity index (χ0) is 20.6. The topological polar surface area (TPSA) is 67.9 Å². The monoisotopic (exact) mass is 418 g/mol. The van der Waals surface area contributed by atoms with Crippen LogP contribution in [0.1, 0.15) is 12.5 Å². The highest BCUT2D eigenvalue weighted by Crippen LogP contribution is 2.34. The van der Waals surface area contributed by atoms with E-state index in [0.29, 0.717) is 31.3 Å². The Bertz CT molecular complexity index is 860. The number of nitrogens with zero attached hydrogens (tertiary/aromatic N) is 1. The van der Waals surface area contributed by atoms with Gasteiger partial charge in [0.2, 0.25) is 11.8 Å². The predicted octanol–water partition coefficient (Wildman–Crippen LogP) is 2.85. The second kappa shape index (κ2) is 10.2. The van der Waals surface area contributed by atoms with E-state index in [1.54, 1.807) is 12.1 Å². The molecule has 1 heterocycles. The van der Waals surface area contributed by atoms with Crippen molar-refractivity contribution in [1.82, 2.24) is 10.2 Å². The predicted molar refractivity (Wildman–Crippen MR) is 109 cm³/mol. The molecule has 0 radical (unpaired) electrons. The molecular formula is C21H23FN2O4S. The van der Waals surface area contributed by atoms with Crippen molar-refractivity contribution in [1.29, 1.82) is 0 Å². The standard InChI is InChI=1S/C21H23FN2O4S/c1-2-24(13-20(25)23-12-15-3-5-16(22)6-4-15)21(26)14-29-17-7-8-18-19(11-17)28-10-9-27-18/h3-8,11H,2,9-10,12-14H2,1H3,(H,23,25). The number of fused-ring (bicyclic) bond motifs is 1. The quantitative estimate of drug-likeness (QED) is 0.668. The first kappa shape index (κ1) is 21.0. The van der Waals surface area contributed by atoms with Crippen molar-refractivity contribution in [3.63, 3.8) is 0 Å². The summed E-state index contributed by atoms with van der Waals surface area (Å²) in [4.78, 5) is 27.1. The van der Waals surface area contributed by atoms with Gasteiger partial charge in [-0.05, 0) is 42.8 Å². The van der Waals surface area contributed by atoms with Crippen molar-refractivity contribution in [2.75, 3.05) is 32.1 Å². The Morgan fingerprint density at radius 3 is 2.55 bits per heavy atom. The summed E-state index contributed by atoms with van der Waals surface area (Å²) in [5.74, 6) is 0.913. The largest absolute Gasteiger partial charge is 0.486 e. The molecule has 0 bridgehead atoms. The third-order valence-corrected chi connectivity index (χ3v) is 5.33. The number of carbonyl (C=O) groups excluding carboxylic acids is 2. The van der Waals surface area contributed by atoms with Crippen LogP contribution in [0.3, 0.4) is 0 Å². The number of thioether (sulfide) groups is 1. The second-order valence-electron chi connectivity index (χ2n) is 6.41. The number of carbonyl (C=O) groups is 2. The van der Waals surface area contributed by atoms with Crippen molar-refractivity contribution in [3.8, 4) is 11.5 Å². The maximum Gasteiger partial charge on any atom is 0.239 e. The van der Waals surface area contributed by atoms with Gasteiger partial charge in [0.05, 0.1) is 12.3 Å². The molecule has 6 nitrogen and oxygen atoms in total. The lowest BCUT2D eigenvalue weighted by molar-refractivity contribution is -0.133. The van der Waals surface area contributed by atoms with E-state index in [4.69, 9.17) is 9.47 Å². The maximum absolute atomic E-state index is 12.9. The van der Waals surface area contributed by atoms with Gasteiger partial charge in [0.15, 0.2) is 11.5 Å². The summed E-state index contributed by atoms with van der Waals surface area (Å²) in [5, 5.41) is 2.75. The molecule has 0 aromatic heterocycles. The first-order chi connectivity index (χ1) is 14.0. The van der Waals surface area contributed by atoms with Crippen LogP contribution in [0.25, 0.3) is 0 Å². The number of benzene rings is 2. The van der Waals surface area contributed by atoms with Crippen LogP contribution in [0.15, 0.2) is 47.4 Å². The minimum absolute atomic E-state index is 0.0156. The fourth-order valence-electron chi connectivity index (χ4n) is 2.76. The highest BCUT2D eigenvalue weighted by atomic mass is 32.2. The molecule has 2 aromatic carbocycles. The highest BCUT2D eigenvalue weighted by Gasteiger charge is 2.17. The number of hydrogen-bond acceptors (Lipinski definition) is 5. The smallest absolute Gasteiger partial charge is 0.239 e. The van der Waals surface area contributed by atoms with Crippen LogP contribution in [0.5, 0.6) is 11.5 Å². The highest BCUT2D eigenvalue weighted by molar-refractivity contribution is 8.00. The van der Waals surface area contributed by atoms with Gasteiger partial charge in [-0.1, -0.05) is 12.1 Å². The third-order valence-electron chi connectivity index (χ3n) is 4.35. The van der Waals surface area contributed by atoms with Gasteiger partial charge >= 0.3 is 0 Å². The molecule has 154 valence electrons. The first-order valence-electron chi connectivity index (χ1n) is 9.36. The summed E-state index contributed by atoms with van der Waals surface area (Å²) in [6.45, 7) is 3.59. The van der Waals surface area contributed by atoms with Gasteiger partial charge in [0.1, 0.15) is 19.0 Å². The van der Waals surface area contributed by atoms with E-state index >= 15 is 0 Å². The lowest BCUT2D eigenvalue weighted by Gasteiger charge is -2.21. The first-order valence-corrected chi connectivity index (χ1v) is 10.3. The van der Waals surface area contributed by atoms with Crippen LogP contribution in [0.2, 0.25) is 0 Å². The van der Waals surface area contributed by atoms with Crippen LogP contribution in [0, 0.1) is 5.82 Å². The normalized spacial score (nSPS) is 12.3. The van der Waals surface area contributed by atoms with E-state index < -0.39 is 0 Å². The Hall–Kier alpha value is -2.74. The molecule has 1 aliphatic rings. The van der Waals surface area contributed by atoms with E-state index in [-0.39, 0.29) is 36.5 Å². The van der Waals surface area contributed by atoms with Gasteiger partial charge in [-0.2, -0.15) is 0 Å². The molecule has 0 spiro atoms. The van der Waals surface area contributed by atoms with Crippen LogP contribution >= 0.6 is 11.8 Å². The van der Waals surface area contributed by atoms with E-state index in [0.717, 1.165) is 10.5 Å². The Morgan fingerprint density at radius 2 is 1.83 bits per heavy atom. The summed E-state index contributed by atoms with van der Waals surface area (Å²) >= 11 is 1.39. The molecule has 29 heavy (non-hydrogen) atoms. The molecule has 0 atom stereocenters. The van der Waals surface area contributed by atoms with E-state index in [1.807, 2.05) is 25.1 Å². The number of nitrogens with one attached hydrogen (secondary N) is 1. The fourth-order valence-corrected chi connectivity index (χ4v) is 3.59. The Balaban J connectivity index is 1.46. The third kappa shape index (κ3) is 6.12. The molecule has 0 saturated heterocycles. The molecule has 1 N–H and O–H groups in total. The molecule has 0 unspecified atom stereocenters. The van der Waals surface area contributed by atoms with E-state index in [2.05, 4.69) is 5.32 Å².